The molecule has 0 radical (unpaired) electrons. The minimum Gasteiger partial charge on any atom is -0.495 e. The van der Waals surface area contributed by atoms with E-state index in [1.54, 1.807) is 19.4 Å². The molecule has 5 rings (SSSR count). The largest absolute Gasteiger partial charge is 0.495 e. The zero-order valence-corrected chi connectivity index (χ0v) is 25.3. The third-order valence-corrected chi connectivity index (χ3v) is 7.90. The van der Waals surface area contributed by atoms with Crippen molar-refractivity contribution in [1.82, 2.24) is 14.9 Å². The first kappa shape index (κ1) is 28.9. The van der Waals surface area contributed by atoms with E-state index in [-0.39, 0.29) is 24.6 Å². The van der Waals surface area contributed by atoms with Gasteiger partial charge in [-0.05, 0) is 86.2 Å². The van der Waals surface area contributed by atoms with E-state index in [2.05, 4.69) is 38.1 Å². The molecule has 41 heavy (non-hydrogen) atoms. The van der Waals surface area contributed by atoms with Gasteiger partial charge in [0.15, 0.2) is 5.11 Å². The molecule has 1 aliphatic heterocycles. The van der Waals surface area contributed by atoms with Crippen LogP contribution in [0.3, 0.4) is 0 Å². The van der Waals surface area contributed by atoms with Crippen LogP contribution in [0, 0.1) is 13.8 Å². The van der Waals surface area contributed by atoms with Crippen LogP contribution in [0.5, 0.6) is 5.75 Å². The number of rotatable bonds is 8. The number of hydrogen-bond donors (Lipinski definition) is 2. The molecule has 0 aliphatic carbocycles. The lowest BCUT2D eigenvalue weighted by Crippen LogP contribution is -2.29. The first-order chi connectivity index (χ1) is 19.7. The van der Waals surface area contributed by atoms with Crippen LogP contribution in [0.25, 0.3) is 5.69 Å². The average molecular weight is 611 g/mol. The number of nitrogens with one attached hydrogen (secondary N) is 2. The summed E-state index contributed by atoms with van der Waals surface area (Å²) in [7, 11) is 3.03. The molecule has 3 heterocycles. The Labute approximate surface area is 254 Å². The number of nitrogens with zero attached hydrogens (tertiary/aromatic N) is 3. The zero-order valence-electron chi connectivity index (χ0n) is 22.9. The van der Waals surface area contributed by atoms with Crippen molar-refractivity contribution in [2.75, 3.05) is 31.0 Å². The SMILES string of the molecule is COCC(=O)Nc1cc(N2C(=S)N[C@H](c3ccccn3)[C@@H]2c2cc(C)n(-c3ccc(Cl)cc3Cl)c2C)ccc1OC. The highest BCUT2D eigenvalue weighted by Gasteiger charge is 2.42. The molecule has 0 saturated carbocycles. The van der Waals surface area contributed by atoms with Gasteiger partial charge in [0.2, 0.25) is 5.91 Å². The first-order valence-corrected chi connectivity index (χ1v) is 14.0. The number of methoxy groups -OCH3 is 2. The van der Waals surface area contributed by atoms with Crippen LogP contribution in [0.15, 0.2) is 66.9 Å². The number of amides is 1. The Hall–Kier alpha value is -3.63. The fraction of sp³-hybridized carbons (Fsp3) is 0.233. The molecule has 8 nitrogen and oxygen atoms in total. The van der Waals surface area contributed by atoms with Gasteiger partial charge in [0, 0.05) is 35.4 Å². The number of carbonyl (C=O) groups is 1. The van der Waals surface area contributed by atoms with Gasteiger partial charge >= 0.3 is 0 Å². The van der Waals surface area contributed by atoms with Crippen LogP contribution >= 0.6 is 35.4 Å². The van der Waals surface area contributed by atoms with Gasteiger partial charge in [-0.2, -0.15) is 0 Å². The van der Waals surface area contributed by atoms with E-state index >= 15 is 0 Å². The molecule has 2 aromatic carbocycles. The Kier molecular flexibility index (Phi) is 8.51. The van der Waals surface area contributed by atoms with Crippen molar-refractivity contribution >= 4 is 57.8 Å². The van der Waals surface area contributed by atoms with E-state index in [0.717, 1.165) is 34.0 Å². The van der Waals surface area contributed by atoms with E-state index < -0.39 is 0 Å². The van der Waals surface area contributed by atoms with E-state index in [4.69, 9.17) is 44.9 Å². The molecule has 4 aromatic rings. The second kappa shape index (κ2) is 12.1. The monoisotopic (exact) mass is 609 g/mol. The summed E-state index contributed by atoms with van der Waals surface area (Å²) in [4.78, 5) is 19.1. The molecule has 0 unspecified atom stereocenters. The minimum absolute atomic E-state index is 0.0827. The number of carbonyl (C=O) groups excluding carboxylic acids is 1. The first-order valence-electron chi connectivity index (χ1n) is 12.8. The second-order valence-electron chi connectivity index (χ2n) is 9.62. The van der Waals surface area contributed by atoms with Gasteiger partial charge in [0.25, 0.3) is 0 Å². The van der Waals surface area contributed by atoms with Crippen LogP contribution < -0.4 is 20.3 Å². The van der Waals surface area contributed by atoms with Crippen molar-refractivity contribution < 1.29 is 14.3 Å². The predicted molar refractivity (Wildman–Crippen MR) is 167 cm³/mol. The summed E-state index contributed by atoms with van der Waals surface area (Å²) in [5.74, 6) is 0.223. The Bertz CT molecular complexity index is 1610. The molecule has 0 bridgehead atoms. The number of anilines is 2. The third kappa shape index (κ3) is 5.63. The number of benzene rings is 2. The Balaban J connectivity index is 1.66. The van der Waals surface area contributed by atoms with Gasteiger partial charge in [0.05, 0.1) is 41.3 Å². The summed E-state index contributed by atoms with van der Waals surface area (Å²) < 4.78 is 12.6. The van der Waals surface area contributed by atoms with E-state index in [0.29, 0.717) is 26.6 Å². The maximum atomic E-state index is 12.4. The fourth-order valence-electron chi connectivity index (χ4n) is 5.33. The highest BCUT2D eigenvalue weighted by Crippen LogP contribution is 2.45. The Morgan fingerprint density at radius 3 is 2.59 bits per heavy atom. The second-order valence-corrected chi connectivity index (χ2v) is 10.9. The summed E-state index contributed by atoms with van der Waals surface area (Å²) in [6.07, 6.45) is 1.77. The molecule has 11 heteroatoms. The standard InChI is InChI=1S/C30H29Cl2N5O3S/c1-17-13-21(18(2)36(17)25-10-8-19(31)14-22(25)32)29-28(23-7-5-6-12-33-23)35-30(41)37(29)20-9-11-26(40-4)24(15-20)34-27(38)16-39-3/h5-15,28-29H,16H2,1-4H3,(H,34,38)(H,35,41)/t28-,29+/m1/s1. The summed E-state index contributed by atoms with van der Waals surface area (Å²) in [5, 5.41) is 8.02. The van der Waals surface area contributed by atoms with Crippen molar-refractivity contribution in [3.63, 3.8) is 0 Å². The molecule has 212 valence electrons. The topological polar surface area (TPSA) is 80.7 Å². The fourth-order valence-corrected chi connectivity index (χ4v) is 6.17. The molecular weight excluding hydrogens is 581 g/mol. The normalized spacial score (nSPS) is 16.5. The number of hydrogen-bond acceptors (Lipinski definition) is 5. The Morgan fingerprint density at radius 1 is 1.10 bits per heavy atom. The lowest BCUT2D eigenvalue weighted by molar-refractivity contribution is -0.119. The van der Waals surface area contributed by atoms with Gasteiger partial charge < -0.3 is 29.6 Å². The van der Waals surface area contributed by atoms with Gasteiger partial charge in [-0.25, -0.2) is 0 Å². The Morgan fingerprint density at radius 2 is 1.90 bits per heavy atom. The average Bonchev–Trinajstić information content (AvgIpc) is 3.44. The molecule has 0 spiro atoms. The molecule has 2 aromatic heterocycles. The van der Waals surface area contributed by atoms with Crippen molar-refractivity contribution in [3.8, 4) is 11.4 Å². The smallest absolute Gasteiger partial charge is 0.250 e. The van der Waals surface area contributed by atoms with E-state index in [9.17, 15) is 4.79 Å². The van der Waals surface area contributed by atoms with Crippen molar-refractivity contribution in [2.24, 2.45) is 0 Å². The highest BCUT2D eigenvalue weighted by molar-refractivity contribution is 7.80. The van der Waals surface area contributed by atoms with E-state index in [1.807, 2.05) is 55.5 Å². The quantitative estimate of drug-likeness (QED) is 0.219. The predicted octanol–water partition coefficient (Wildman–Crippen LogP) is 6.57. The van der Waals surface area contributed by atoms with Crippen LogP contribution in [-0.4, -0.2) is 41.4 Å². The lowest BCUT2D eigenvalue weighted by Gasteiger charge is -2.29. The zero-order chi connectivity index (χ0) is 29.3. The van der Waals surface area contributed by atoms with E-state index in [1.165, 1.54) is 7.11 Å². The molecule has 1 fully saturated rings. The number of ether oxygens (including phenoxy) is 2. The number of aromatic nitrogens is 2. The van der Waals surface area contributed by atoms with Crippen LogP contribution in [0.1, 0.15) is 34.7 Å². The number of thiocarbonyl (C=S) groups is 1. The third-order valence-electron chi connectivity index (χ3n) is 7.05. The summed E-state index contributed by atoms with van der Waals surface area (Å²) in [6.45, 7) is 4.02. The van der Waals surface area contributed by atoms with Crippen LogP contribution in [0.2, 0.25) is 10.0 Å². The maximum absolute atomic E-state index is 12.4. The number of pyridine rings is 1. The lowest BCUT2D eigenvalue weighted by atomic mass is 9.96. The minimum atomic E-state index is -0.295. The summed E-state index contributed by atoms with van der Waals surface area (Å²) in [5.41, 5.74) is 6.00. The molecule has 1 amide bonds. The summed E-state index contributed by atoms with van der Waals surface area (Å²) in [6, 6.07) is 18.5. The molecule has 2 atom stereocenters. The van der Waals surface area contributed by atoms with Crippen molar-refractivity contribution in [2.45, 2.75) is 25.9 Å². The van der Waals surface area contributed by atoms with Crippen LogP contribution in [-0.2, 0) is 9.53 Å². The van der Waals surface area contributed by atoms with Crippen molar-refractivity contribution in [1.29, 1.82) is 0 Å². The summed E-state index contributed by atoms with van der Waals surface area (Å²) >= 11 is 18.8. The van der Waals surface area contributed by atoms with Crippen LogP contribution in [0.4, 0.5) is 11.4 Å². The van der Waals surface area contributed by atoms with Gasteiger partial charge in [0.1, 0.15) is 12.4 Å². The molecule has 2 N–H and O–H groups in total. The van der Waals surface area contributed by atoms with Gasteiger partial charge in [-0.15, -0.1) is 0 Å². The molecule has 1 saturated heterocycles. The van der Waals surface area contributed by atoms with Crippen molar-refractivity contribution in [3.05, 3.63) is 99.6 Å². The highest BCUT2D eigenvalue weighted by atomic mass is 35.5. The van der Waals surface area contributed by atoms with Gasteiger partial charge in [-0.1, -0.05) is 29.3 Å². The molecular formula is C30H29Cl2N5O3S. The molecule has 1 aliphatic rings. The number of halogens is 2. The maximum Gasteiger partial charge on any atom is 0.250 e. The van der Waals surface area contributed by atoms with Gasteiger partial charge in [-0.3, -0.25) is 9.78 Å². The number of aryl methyl sites for hydroxylation is 1.